The van der Waals surface area contributed by atoms with E-state index in [9.17, 15) is 4.79 Å². The van der Waals surface area contributed by atoms with Gasteiger partial charge in [0.05, 0.1) is 11.3 Å². The highest BCUT2D eigenvalue weighted by Gasteiger charge is 2.20. The molecule has 0 saturated carbocycles. The van der Waals surface area contributed by atoms with Crippen LogP contribution in [-0.2, 0) is 19.0 Å². The van der Waals surface area contributed by atoms with Gasteiger partial charge in [-0.15, -0.1) is 11.8 Å². The van der Waals surface area contributed by atoms with Crippen LogP contribution in [0.4, 0.5) is 0 Å². The summed E-state index contributed by atoms with van der Waals surface area (Å²) in [6, 6.07) is 19.7. The van der Waals surface area contributed by atoms with Crippen molar-refractivity contribution in [3.63, 3.8) is 0 Å². The highest BCUT2D eigenvalue weighted by Crippen LogP contribution is 2.26. The number of methoxy groups -OCH3 is 2. The third kappa shape index (κ3) is 10.9. The van der Waals surface area contributed by atoms with Crippen LogP contribution in [0.2, 0.25) is 0 Å². The quantitative estimate of drug-likeness (QED) is 0.192. The Hall–Kier alpha value is -2.96. The van der Waals surface area contributed by atoms with Gasteiger partial charge in [0.15, 0.2) is 6.10 Å². The van der Waals surface area contributed by atoms with E-state index in [2.05, 4.69) is 35.8 Å². The summed E-state index contributed by atoms with van der Waals surface area (Å²) in [5.74, 6) is 12.8. The van der Waals surface area contributed by atoms with Gasteiger partial charge in [0.2, 0.25) is 0 Å². The number of benzene rings is 2. The highest BCUT2D eigenvalue weighted by atomic mass is 32.2. The number of unbranched alkanes of at least 4 members (excludes halogenated alkanes) is 2. The van der Waals surface area contributed by atoms with Crippen molar-refractivity contribution in [1.82, 2.24) is 0 Å². The van der Waals surface area contributed by atoms with Crippen molar-refractivity contribution in [1.29, 1.82) is 0 Å². The summed E-state index contributed by atoms with van der Waals surface area (Å²) in [5, 5.41) is 0. The Bertz CT molecular complexity index is 979. The molecule has 0 radical (unpaired) electrons. The van der Waals surface area contributed by atoms with Crippen LogP contribution in [0, 0.1) is 23.7 Å². The first-order valence-corrected chi connectivity index (χ1v) is 11.8. The van der Waals surface area contributed by atoms with Crippen LogP contribution in [-0.4, -0.2) is 39.2 Å². The molecule has 0 bridgehead atoms. The first kappa shape index (κ1) is 26.3. The number of hydrogen-bond acceptors (Lipinski definition) is 5. The molecule has 2 aromatic carbocycles. The Morgan fingerprint density at radius 1 is 0.970 bits per heavy atom. The largest absolute Gasteiger partial charge is 0.450 e. The average molecular weight is 463 g/mol. The van der Waals surface area contributed by atoms with Crippen molar-refractivity contribution in [2.75, 3.05) is 33.2 Å². The zero-order chi connectivity index (χ0) is 23.6. The molecule has 172 valence electrons. The van der Waals surface area contributed by atoms with E-state index in [1.54, 1.807) is 24.9 Å². The molecule has 2 rings (SSSR count). The van der Waals surface area contributed by atoms with Crippen LogP contribution in [0.15, 0.2) is 77.2 Å². The van der Waals surface area contributed by atoms with Crippen molar-refractivity contribution >= 4 is 17.7 Å². The van der Waals surface area contributed by atoms with Crippen LogP contribution in [0.3, 0.4) is 0 Å². The van der Waals surface area contributed by atoms with Crippen molar-refractivity contribution in [2.45, 2.75) is 30.3 Å². The number of ether oxygens (including phenoxy) is 3. The van der Waals surface area contributed by atoms with Crippen LogP contribution < -0.4 is 0 Å². The fourth-order valence-electron chi connectivity index (χ4n) is 2.83. The smallest absolute Gasteiger partial charge is 0.333 e. The number of thioether (sulfide) groups is 1. The summed E-state index contributed by atoms with van der Waals surface area (Å²) < 4.78 is 15.8. The van der Waals surface area contributed by atoms with Gasteiger partial charge in [0, 0.05) is 38.2 Å². The molecule has 2 aromatic rings. The van der Waals surface area contributed by atoms with Crippen LogP contribution in [0.5, 0.6) is 0 Å². The van der Waals surface area contributed by atoms with Gasteiger partial charge >= 0.3 is 5.97 Å². The van der Waals surface area contributed by atoms with E-state index in [0.717, 1.165) is 31.4 Å². The average Bonchev–Trinajstić information content (AvgIpc) is 2.85. The zero-order valence-electron chi connectivity index (χ0n) is 19.2. The first-order valence-electron chi connectivity index (χ1n) is 10.8. The lowest BCUT2D eigenvalue weighted by molar-refractivity contribution is -0.151. The predicted molar refractivity (Wildman–Crippen MR) is 134 cm³/mol. The molecule has 0 fully saturated rings. The fourth-order valence-corrected chi connectivity index (χ4v) is 3.50. The van der Waals surface area contributed by atoms with Crippen LogP contribution in [0.1, 0.15) is 30.9 Å². The molecule has 0 amide bonds. The summed E-state index contributed by atoms with van der Waals surface area (Å²) in [7, 11) is 3.16. The van der Waals surface area contributed by atoms with Crippen molar-refractivity contribution in [2.24, 2.45) is 0 Å². The van der Waals surface area contributed by atoms with Gasteiger partial charge in [-0.3, -0.25) is 0 Å². The maximum absolute atomic E-state index is 12.2. The zero-order valence-corrected chi connectivity index (χ0v) is 20.0. The molecule has 1 atom stereocenters. The number of esters is 1. The third-order valence-electron chi connectivity index (χ3n) is 4.41. The number of rotatable bonds is 11. The molecule has 1 unspecified atom stereocenters. The Morgan fingerprint density at radius 2 is 1.70 bits per heavy atom. The van der Waals surface area contributed by atoms with E-state index in [-0.39, 0.29) is 6.61 Å². The van der Waals surface area contributed by atoms with E-state index in [1.807, 2.05) is 48.5 Å². The van der Waals surface area contributed by atoms with E-state index in [1.165, 1.54) is 12.0 Å². The molecular formula is C28H30O4S. The number of allylic oxidation sites excluding steroid dienone is 1. The van der Waals surface area contributed by atoms with Gasteiger partial charge in [-0.1, -0.05) is 72.2 Å². The van der Waals surface area contributed by atoms with Crippen LogP contribution >= 0.6 is 11.8 Å². The molecule has 5 heteroatoms. The molecule has 4 nitrogen and oxygen atoms in total. The second-order valence-corrected chi connectivity index (χ2v) is 8.04. The Balaban J connectivity index is 2.21. The number of carbonyl (C=O) groups is 1. The minimum atomic E-state index is -0.642. The Labute approximate surface area is 201 Å². The molecular weight excluding hydrogens is 432 g/mol. The molecule has 0 aliphatic rings. The summed E-state index contributed by atoms with van der Waals surface area (Å²) in [6.07, 6.45) is 3.73. The molecule has 0 spiro atoms. The molecule has 0 N–H and O–H groups in total. The van der Waals surface area contributed by atoms with E-state index in [4.69, 9.17) is 14.2 Å². The number of carbonyl (C=O) groups excluding carboxylic acids is 1. The lowest BCUT2D eigenvalue weighted by atomic mass is 10.0. The van der Waals surface area contributed by atoms with Gasteiger partial charge in [0.25, 0.3) is 0 Å². The van der Waals surface area contributed by atoms with Gasteiger partial charge in [0.1, 0.15) is 6.61 Å². The number of hydrogen-bond donors (Lipinski definition) is 0. The normalized spacial score (nSPS) is 11.5. The summed E-state index contributed by atoms with van der Waals surface area (Å²) in [6.45, 7) is 0.594. The summed E-state index contributed by atoms with van der Waals surface area (Å²) >= 11 is 1.67. The maximum Gasteiger partial charge on any atom is 0.333 e. The molecule has 0 aliphatic carbocycles. The standard InChI is InChI=1S/C28H30O4S/c1-30-21-13-4-3-7-15-25(18-12-14-22-33-26-19-10-6-11-20-26)28(32-27(29)23-31-2)24-16-8-5-9-17-24/h5-6,8-11,16-20,28H,3-4,13,21-23H2,1-2H3/b25-18+. The van der Waals surface area contributed by atoms with Gasteiger partial charge < -0.3 is 14.2 Å². The second kappa shape index (κ2) is 16.6. The SMILES string of the molecule is COCCCCC#C/C(=C\C#CCSc1ccccc1)C(OC(=O)COC)c1ccccc1. The summed E-state index contributed by atoms with van der Waals surface area (Å²) in [5.41, 5.74) is 1.48. The van der Waals surface area contributed by atoms with Gasteiger partial charge in [-0.05, 0) is 30.5 Å². The first-order chi connectivity index (χ1) is 16.2. The second-order valence-electron chi connectivity index (χ2n) is 6.99. The van der Waals surface area contributed by atoms with Crippen molar-refractivity contribution in [3.8, 4) is 23.7 Å². The monoisotopic (exact) mass is 462 g/mol. The lowest BCUT2D eigenvalue weighted by Crippen LogP contribution is -2.17. The van der Waals surface area contributed by atoms with E-state index >= 15 is 0 Å². The Kier molecular flexibility index (Phi) is 13.3. The maximum atomic E-state index is 12.2. The van der Waals surface area contributed by atoms with E-state index < -0.39 is 12.1 Å². The van der Waals surface area contributed by atoms with Gasteiger partial charge in [-0.25, -0.2) is 4.79 Å². The molecule has 0 saturated heterocycles. The third-order valence-corrected chi connectivity index (χ3v) is 5.31. The minimum Gasteiger partial charge on any atom is -0.450 e. The Morgan fingerprint density at radius 3 is 2.39 bits per heavy atom. The van der Waals surface area contributed by atoms with Crippen molar-refractivity contribution in [3.05, 3.63) is 77.9 Å². The fraction of sp³-hybridized carbons (Fsp3) is 0.321. The molecule has 33 heavy (non-hydrogen) atoms. The lowest BCUT2D eigenvalue weighted by Gasteiger charge is -2.18. The molecule has 0 heterocycles. The van der Waals surface area contributed by atoms with Gasteiger partial charge in [-0.2, -0.15) is 0 Å². The topological polar surface area (TPSA) is 44.8 Å². The van der Waals surface area contributed by atoms with E-state index in [0.29, 0.717) is 11.3 Å². The molecule has 0 aliphatic heterocycles. The highest BCUT2D eigenvalue weighted by molar-refractivity contribution is 7.99. The van der Waals surface area contributed by atoms with Crippen LogP contribution in [0.25, 0.3) is 0 Å². The predicted octanol–water partition coefficient (Wildman–Crippen LogP) is 5.46. The van der Waals surface area contributed by atoms with Crippen molar-refractivity contribution < 1.29 is 19.0 Å². The minimum absolute atomic E-state index is 0.125. The summed E-state index contributed by atoms with van der Waals surface area (Å²) in [4.78, 5) is 13.4. The molecule has 0 aromatic heterocycles.